The van der Waals surface area contributed by atoms with Crippen LogP contribution in [0, 0.1) is 0 Å². The minimum absolute atomic E-state index is 0.556. The molecule has 0 spiro atoms. The monoisotopic (exact) mass is 379 g/mol. The zero-order valence-corrected chi connectivity index (χ0v) is 14.1. The third-order valence-corrected chi connectivity index (χ3v) is 3.96. The van der Waals surface area contributed by atoms with Crippen LogP contribution in [0.1, 0.15) is 11.1 Å². The molecule has 1 heterocycles. The first-order valence-electron chi connectivity index (χ1n) is 7.57. The number of nitrogens with zero attached hydrogens (tertiary/aromatic N) is 2. The summed E-state index contributed by atoms with van der Waals surface area (Å²) in [6, 6.07) is 14.8. The number of halogens is 4. The van der Waals surface area contributed by atoms with E-state index < -0.39 is 12.1 Å². The number of aromatic nitrogens is 1. The first-order valence-corrected chi connectivity index (χ1v) is 7.95. The molecular formula is C18H13ClF3N3O. The lowest BCUT2D eigenvalue weighted by atomic mass is 10.2. The number of hydrazone groups is 1. The molecule has 0 aliphatic heterocycles. The number of para-hydroxylation sites is 1. The molecule has 3 aromatic rings. The van der Waals surface area contributed by atoms with E-state index in [1.807, 2.05) is 41.0 Å². The summed E-state index contributed by atoms with van der Waals surface area (Å²) in [5.41, 5.74) is 3.99. The molecule has 1 N–H and O–H groups in total. The summed E-state index contributed by atoms with van der Waals surface area (Å²) < 4.78 is 38.6. The Bertz CT molecular complexity index is 962. The van der Waals surface area contributed by atoms with Crippen LogP contribution in [-0.2, 0) is 11.3 Å². The smallest absolute Gasteiger partial charge is 0.342 e. The number of nitrogens with one attached hydrogen (secondary N) is 1. The van der Waals surface area contributed by atoms with Crippen molar-refractivity contribution < 1.29 is 18.0 Å². The molecule has 0 saturated heterocycles. The van der Waals surface area contributed by atoms with Crippen molar-refractivity contribution in [1.82, 2.24) is 9.99 Å². The third kappa shape index (κ3) is 4.05. The van der Waals surface area contributed by atoms with Crippen molar-refractivity contribution in [2.24, 2.45) is 5.10 Å². The van der Waals surface area contributed by atoms with Crippen LogP contribution in [0.25, 0.3) is 10.9 Å². The average molecular weight is 380 g/mol. The van der Waals surface area contributed by atoms with Gasteiger partial charge in [0, 0.05) is 34.2 Å². The lowest BCUT2D eigenvalue weighted by molar-refractivity contribution is -0.173. The highest BCUT2D eigenvalue weighted by molar-refractivity contribution is 6.30. The Hall–Kier alpha value is -2.80. The van der Waals surface area contributed by atoms with Gasteiger partial charge in [-0.3, -0.25) is 4.79 Å². The Balaban J connectivity index is 1.87. The molecule has 3 rings (SSSR count). The number of carbonyl (C=O) groups excluding carboxylic acids is 1. The van der Waals surface area contributed by atoms with Crippen LogP contribution in [0.5, 0.6) is 0 Å². The highest BCUT2D eigenvalue weighted by Gasteiger charge is 2.38. The molecule has 26 heavy (non-hydrogen) atoms. The normalized spacial score (nSPS) is 12.0. The number of carbonyl (C=O) groups is 1. The van der Waals surface area contributed by atoms with E-state index in [2.05, 4.69) is 5.10 Å². The molecule has 0 saturated carbocycles. The lowest BCUT2D eigenvalue weighted by Gasteiger charge is -2.05. The number of hydrogen-bond donors (Lipinski definition) is 1. The van der Waals surface area contributed by atoms with Gasteiger partial charge in [0.25, 0.3) is 0 Å². The van der Waals surface area contributed by atoms with Crippen LogP contribution >= 0.6 is 11.6 Å². The van der Waals surface area contributed by atoms with Crippen LogP contribution < -0.4 is 5.43 Å². The molecule has 1 amide bonds. The van der Waals surface area contributed by atoms with E-state index in [0.717, 1.165) is 16.5 Å². The Kier molecular flexibility index (Phi) is 4.99. The van der Waals surface area contributed by atoms with Crippen molar-refractivity contribution in [3.8, 4) is 0 Å². The minimum atomic E-state index is -4.97. The van der Waals surface area contributed by atoms with Crippen molar-refractivity contribution in [3.05, 3.63) is 70.9 Å². The van der Waals surface area contributed by atoms with Gasteiger partial charge in [-0.1, -0.05) is 41.9 Å². The van der Waals surface area contributed by atoms with Crippen molar-refractivity contribution in [3.63, 3.8) is 0 Å². The van der Waals surface area contributed by atoms with Gasteiger partial charge in [-0.2, -0.15) is 18.3 Å². The standard InChI is InChI=1S/C18H13ClF3N3O/c19-14-7-5-12(6-8-14)10-25-11-13(15-3-1-2-4-16(15)25)9-23-24-17(26)18(20,21)22/h1-9,11H,10H2,(H,24,26). The van der Waals surface area contributed by atoms with Crippen LogP contribution in [-0.4, -0.2) is 22.9 Å². The number of alkyl halides is 3. The van der Waals surface area contributed by atoms with E-state index in [-0.39, 0.29) is 0 Å². The van der Waals surface area contributed by atoms with Crippen molar-refractivity contribution in [2.45, 2.75) is 12.7 Å². The molecule has 0 unspecified atom stereocenters. The summed E-state index contributed by atoms with van der Waals surface area (Å²) in [7, 11) is 0. The van der Waals surface area contributed by atoms with Gasteiger partial charge in [0.1, 0.15) is 0 Å². The van der Waals surface area contributed by atoms with Crippen molar-refractivity contribution in [1.29, 1.82) is 0 Å². The molecule has 1 aromatic heterocycles. The number of benzene rings is 2. The van der Waals surface area contributed by atoms with Crippen LogP contribution in [0.3, 0.4) is 0 Å². The quantitative estimate of drug-likeness (QED) is 0.531. The Morgan fingerprint density at radius 3 is 2.54 bits per heavy atom. The second-order valence-corrected chi connectivity index (χ2v) is 5.99. The topological polar surface area (TPSA) is 46.4 Å². The van der Waals surface area contributed by atoms with Gasteiger partial charge in [-0.05, 0) is 23.8 Å². The Labute approximate surface area is 151 Å². The summed E-state index contributed by atoms with van der Waals surface area (Å²) in [6.45, 7) is 0.556. The highest BCUT2D eigenvalue weighted by Crippen LogP contribution is 2.22. The molecule has 4 nitrogen and oxygen atoms in total. The molecule has 0 radical (unpaired) electrons. The predicted octanol–water partition coefficient (Wildman–Crippen LogP) is 4.36. The van der Waals surface area contributed by atoms with E-state index >= 15 is 0 Å². The average Bonchev–Trinajstić information content (AvgIpc) is 2.94. The van der Waals surface area contributed by atoms with Gasteiger partial charge in [-0.15, -0.1) is 0 Å². The molecule has 134 valence electrons. The molecule has 2 aromatic carbocycles. The maximum Gasteiger partial charge on any atom is 0.473 e. The lowest BCUT2D eigenvalue weighted by Crippen LogP contribution is -2.33. The maximum atomic E-state index is 12.2. The Morgan fingerprint density at radius 1 is 1.15 bits per heavy atom. The largest absolute Gasteiger partial charge is 0.473 e. The molecule has 8 heteroatoms. The van der Waals surface area contributed by atoms with E-state index in [9.17, 15) is 18.0 Å². The molecule has 0 aliphatic rings. The summed E-state index contributed by atoms with van der Waals surface area (Å²) >= 11 is 5.89. The van der Waals surface area contributed by atoms with Crippen LogP contribution in [0.2, 0.25) is 5.02 Å². The molecule has 0 atom stereocenters. The Morgan fingerprint density at radius 2 is 1.85 bits per heavy atom. The fourth-order valence-corrected chi connectivity index (χ4v) is 2.65. The zero-order valence-electron chi connectivity index (χ0n) is 13.3. The second kappa shape index (κ2) is 7.21. The molecule has 0 fully saturated rings. The van der Waals surface area contributed by atoms with E-state index in [0.29, 0.717) is 17.1 Å². The van der Waals surface area contributed by atoms with Gasteiger partial charge in [0.15, 0.2) is 0 Å². The molecule has 0 bridgehead atoms. The van der Waals surface area contributed by atoms with E-state index in [1.165, 1.54) is 11.6 Å². The summed E-state index contributed by atoms with van der Waals surface area (Å²) in [6.07, 6.45) is -2.01. The van der Waals surface area contributed by atoms with Gasteiger partial charge in [0.05, 0.1) is 6.21 Å². The van der Waals surface area contributed by atoms with Gasteiger partial charge < -0.3 is 4.57 Å². The second-order valence-electron chi connectivity index (χ2n) is 5.55. The van der Waals surface area contributed by atoms with Gasteiger partial charge in [-0.25, -0.2) is 5.43 Å². The van der Waals surface area contributed by atoms with Crippen LogP contribution in [0.15, 0.2) is 59.8 Å². The summed E-state index contributed by atoms with van der Waals surface area (Å²) in [5.74, 6) is -2.11. The third-order valence-electron chi connectivity index (χ3n) is 3.71. The van der Waals surface area contributed by atoms with Gasteiger partial charge in [0.2, 0.25) is 0 Å². The van der Waals surface area contributed by atoms with E-state index in [4.69, 9.17) is 11.6 Å². The highest BCUT2D eigenvalue weighted by atomic mass is 35.5. The summed E-state index contributed by atoms with van der Waals surface area (Å²) in [4.78, 5) is 10.8. The number of rotatable bonds is 4. The van der Waals surface area contributed by atoms with Crippen LogP contribution in [0.4, 0.5) is 13.2 Å². The van der Waals surface area contributed by atoms with Gasteiger partial charge >= 0.3 is 12.1 Å². The fourth-order valence-electron chi connectivity index (χ4n) is 2.52. The first-order chi connectivity index (χ1) is 12.3. The predicted molar refractivity (Wildman–Crippen MR) is 94.3 cm³/mol. The number of fused-ring (bicyclic) bond motifs is 1. The first kappa shape index (κ1) is 18.0. The van der Waals surface area contributed by atoms with Crippen molar-refractivity contribution in [2.75, 3.05) is 0 Å². The maximum absolute atomic E-state index is 12.2. The SMILES string of the molecule is O=C(NN=Cc1cn(Cc2ccc(Cl)cc2)c2ccccc12)C(F)(F)F. The molecular weight excluding hydrogens is 367 g/mol. The van der Waals surface area contributed by atoms with Crippen molar-refractivity contribution >= 4 is 34.6 Å². The molecule has 0 aliphatic carbocycles. The fraction of sp³-hybridized carbons (Fsp3) is 0.111. The number of amides is 1. The minimum Gasteiger partial charge on any atom is -0.342 e. The number of hydrogen-bond acceptors (Lipinski definition) is 2. The summed E-state index contributed by atoms with van der Waals surface area (Å²) in [5, 5.41) is 4.86. The van der Waals surface area contributed by atoms with E-state index in [1.54, 1.807) is 18.3 Å². The zero-order chi connectivity index (χ0) is 18.7.